The Hall–Kier alpha value is 1.10. The maximum absolute atomic E-state index is 3.54. The van der Waals surface area contributed by atoms with Crippen LogP contribution in [0.1, 0.15) is 20.3 Å². The molecule has 0 aromatic rings. The fourth-order valence-corrected chi connectivity index (χ4v) is 0. The van der Waals surface area contributed by atoms with E-state index in [1.54, 1.807) is 0 Å². The van der Waals surface area contributed by atoms with Gasteiger partial charge in [0.25, 0.3) is 0 Å². The monoisotopic (exact) mass is 161 g/mol. The van der Waals surface area contributed by atoms with Crippen LogP contribution in [0, 0.1) is 13.8 Å². The van der Waals surface area contributed by atoms with E-state index in [0.29, 0.717) is 0 Å². The molecule has 1 radical (unpaired) electrons. The van der Waals surface area contributed by atoms with Gasteiger partial charge in [0.05, 0.1) is 0 Å². The summed E-state index contributed by atoms with van der Waals surface area (Å²) in [6.45, 7) is 7.08. The van der Waals surface area contributed by atoms with Crippen molar-refractivity contribution in [2.45, 2.75) is 20.3 Å². The van der Waals surface area contributed by atoms with Crippen LogP contribution in [-0.4, -0.2) is 0 Å². The Morgan fingerprint density at radius 2 is 1.17 bits per heavy atom. The molecule has 0 spiro atoms. The van der Waals surface area contributed by atoms with Crippen LogP contribution in [0.4, 0.5) is 0 Å². The van der Waals surface area contributed by atoms with Crippen LogP contribution in [0.25, 0.3) is 0 Å². The van der Waals surface area contributed by atoms with Gasteiger partial charge in [-0.1, -0.05) is 7.43 Å². The first-order valence-electron chi connectivity index (χ1n) is 1.50. The van der Waals surface area contributed by atoms with E-state index >= 15 is 0 Å². The van der Waals surface area contributed by atoms with Crippen molar-refractivity contribution < 1.29 is 32.7 Å². The molecule has 0 heterocycles. The second-order valence-corrected chi connectivity index (χ2v) is 0.707. The maximum Gasteiger partial charge on any atom is 0 e. The van der Waals surface area contributed by atoms with Gasteiger partial charge in [-0.05, 0) is 0 Å². The first-order valence-corrected chi connectivity index (χ1v) is 1.50. The summed E-state index contributed by atoms with van der Waals surface area (Å²) >= 11 is 0. The third-order valence-corrected chi connectivity index (χ3v) is 0.250. The van der Waals surface area contributed by atoms with E-state index in [-0.39, 0.29) is 40.1 Å². The fraction of sp³-hybridized carbons (Fsp3) is 0.600. The molecule has 0 aromatic heterocycles. The minimum absolute atomic E-state index is 0. The maximum atomic E-state index is 3.54. The van der Waals surface area contributed by atoms with Gasteiger partial charge in [-0.2, -0.15) is 0 Å². The van der Waals surface area contributed by atoms with Crippen LogP contribution in [0.15, 0.2) is 0 Å². The van der Waals surface area contributed by atoms with Crippen LogP contribution in [0.2, 0.25) is 0 Å². The summed E-state index contributed by atoms with van der Waals surface area (Å²) in [6, 6.07) is 0. The van der Waals surface area contributed by atoms with Crippen molar-refractivity contribution in [3.8, 4) is 0 Å². The molecule has 0 N–H and O–H groups in total. The predicted octanol–water partition coefficient (Wildman–Crippen LogP) is 2.07. The molecule has 0 saturated carbocycles. The smallest absolute Gasteiger partial charge is 0 e. The molecule has 1 heteroatoms. The molecule has 0 saturated heterocycles. The molecule has 0 amide bonds. The van der Waals surface area contributed by atoms with Crippen LogP contribution in [-0.2, 0) is 32.7 Å². The molecule has 0 aliphatic carbocycles. The zero-order chi connectivity index (χ0) is 3.41. The molecular weight excluding hydrogens is 149 g/mol. The number of unbranched alkanes of at least 4 members (excludes halogenated alkanes) is 1. The molecule has 0 nitrogen and oxygen atoms in total. The second kappa shape index (κ2) is 16.5. The zero-order valence-electron chi connectivity index (χ0n) is 3.41. The van der Waals surface area contributed by atoms with E-state index < -0.39 is 0 Å². The van der Waals surface area contributed by atoms with Crippen LogP contribution < -0.4 is 0 Å². The van der Waals surface area contributed by atoms with Gasteiger partial charge in [0, 0.05) is 32.7 Å². The van der Waals surface area contributed by atoms with Crippen molar-refractivity contribution in [1.29, 1.82) is 0 Å². The number of hydrogen-bond acceptors (Lipinski definition) is 0. The van der Waals surface area contributed by atoms with E-state index in [1.807, 2.05) is 0 Å². The van der Waals surface area contributed by atoms with Gasteiger partial charge >= 0.3 is 0 Å². The molecule has 0 aromatic carbocycles. The van der Waals surface area contributed by atoms with Crippen molar-refractivity contribution >= 4 is 0 Å². The van der Waals surface area contributed by atoms with E-state index in [9.17, 15) is 0 Å². The van der Waals surface area contributed by atoms with Gasteiger partial charge in [0.2, 0.25) is 0 Å². The molecule has 0 aliphatic heterocycles. The van der Waals surface area contributed by atoms with Crippen LogP contribution in [0.3, 0.4) is 0 Å². The molecule has 0 bridgehead atoms. The van der Waals surface area contributed by atoms with Gasteiger partial charge in [-0.25, -0.2) is 12.8 Å². The SMILES string of the molecule is C.[CH2-]CC[CH2-].[Y]. The van der Waals surface area contributed by atoms with Crippen molar-refractivity contribution in [3.63, 3.8) is 0 Å². The zero-order valence-corrected chi connectivity index (χ0v) is 6.24. The molecule has 0 unspecified atom stereocenters. The van der Waals surface area contributed by atoms with Gasteiger partial charge < -0.3 is 13.8 Å². The quantitative estimate of drug-likeness (QED) is 0.516. The summed E-state index contributed by atoms with van der Waals surface area (Å²) in [7, 11) is 0. The standard InChI is InChI=1S/C4H8.CH4.Y/c1-3-4-2;;/h1-4H2;1H4;/q-2;;. The van der Waals surface area contributed by atoms with E-state index in [0.717, 1.165) is 12.8 Å². The summed E-state index contributed by atoms with van der Waals surface area (Å²) in [4.78, 5) is 0. The predicted molar refractivity (Wildman–Crippen MR) is 26.7 cm³/mol. The average molecular weight is 161 g/mol. The minimum Gasteiger partial charge on any atom is -0.346 e. The number of hydrogen-bond donors (Lipinski definition) is 0. The van der Waals surface area contributed by atoms with E-state index in [4.69, 9.17) is 0 Å². The van der Waals surface area contributed by atoms with Crippen molar-refractivity contribution in [2.75, 3.05) is 0 Å². The average Bonchev–Trinajstić information content (AvgIpc) is 1.37. The first kappa shape index (κ1) is 15.7. The normalized spacial score (nSPS) is 5.00. The molecule has 6 heavy (non-hydrogen) atoms. The Balaban J connectivity index is -0.0000000450. The Kier molecular flexibility index (Phi) is 43.2. The summed E-state index contributed by atoms with van der Waals surface area (Å²) in [5.41, 5.74) is 0. The van der Waals surface area contributed by atoms with Gasteiger partial charge in [-0.3, -0.25) is 0 Å². The molecule has 0 rings (SSSR count). The topological polar surface area (TPSA) is 0 Å². The van der Waals surface area contributed by atoms with Gasteiger partial charge in [0.15, 0.2) is 0 Å². The minimum atomic E-state index is 0. The Labute approximate surface area is 66.6 Å². The Morgan fingerprint density at radius 3 is 1.17 bits per heavy atom. The summed E-state index contributed by atoms with van der Waals surface area (Å²) < 4.78 is 0. The summed E-state index contributed by atoms with van der Waals surface area (Å²) in [6.07, 6.45) is 1.92. The largest absolute Gasteiger partial charge is 0.346 e. The second-order valence-electron chi connectivity index (χ2n) is 0.707. The molecule has 0 fully saturated rings. The van der Waals surface area contributed by atoms with E-state index in [2.05, 4.69) is 13.8 Å². The van der Waals surface area contributed by atoms with E-state index in [1.165, 1.54) is 0 Å². The van der Waals surface area contributed by atoms with Crippen molar-refractivity contribution in [3.05, 3.63) is 13.8 Å². The van der Waals surface area contributed by atoms with Crippen LogP contribution in [0.5, 0.6) is 0 Å². The Bertz CT molecular complexity index is 5.90. The fourth-order valence-electron chi connectivity index (χ4n) is 0. The summed E-state index contributed by atoms with van der Waals surface area (Å²) in [5, 5.41) is 0. The van der Waals surface area contributed by atoms with Crippen LogP contribution >= 0.6 is 0 Å². The van der Waals surface area contributed by atoms with Crippen molar-refractivity contribution in [1.82, 2.24) is 0 Å². The molecular formula is C5H12Y-2. The van der Waals surface area contributed by atoms with Crippen molar-refractivity contribution in [2.24, 2.45) is 0 Å². The number of rotatable bonds is 1. The first-order chi connectivity index (χ1) is 1.91. The third kappa shape index (κ3) is 19.4. The molecule has 0 atom stereocenters. The van der Waals surface area contributed by atoms with Gasteiger partial charge in [0.1, 0.15) is 0 Å². The molecule has 0 aliphatic rings. The third-order valence-electron chi connectivity index (χ3n) is 0.250. The molecule has 37 valence electrons. The summed E-state index contributed by atoms with van der Waals surface area (Å²) in [5.74, 6) is 0. The van der Waals surface area contributed by atoms with Gasteiger partial charge in [-0.15, -0.1) is 0 Å². The Morgan fingerprint density at radius 1 is 1.00 bits per heavy atom.